The van der Waals surface area contributed by atoms with Crippen LogP contribution in [0.3, 0.4) is 0 Å². The molecular formula is C16H20O4. The number of fused-ring (bicyclic) bond motifs is 1. The molecule has 4 heteroatoms. The van der Waals surface area contributed by atoms with Crippen molar-refractivity contribution in [2.75, 3.05) is 13.2 Å². The molecule has 0 atom stereocenters. The quantitative estimate of drug-likeness (QED) is 0.921. The Hall–Kier alpha value is -1.71. The van der Waals surface area contributed by atoms with Crippen molar-refractivity contribution < 1.29 is 19.4 Å². The molecule has 4 nitrogen and oxygen atoms in total. The van der Waals surface area contributed by atoms with E-state index in [2.05, 4.69) is 13.8 Å². The highest BCUT2D eigenvalue weighted by Gasteiger charge is 2.47. The van der Waals surface area contributed by atoms with E-state index in [4.69, 9.17) is 9.47 Å². The van der Waals surface area contributed by atoms with Crippen LogP contribution in [0.15, 0.2) is 12.1 Å². The highest BCUT2D eigenvalue weighted by Crippen LogP contribution is 2.49. The molecule has 20 heavy (non-hydrogen) atoms. The lowest BCUT2D eigenvalue weighted by molar-refractivity contribution is -0.147. The number of hydrogen-bond acceptors (Lipinski definition) is 3. The van der Waals surface area contributed by atoms with Gasteiger partial charge < -0.3 is 14.6 Å². The van der Waals surface area contributed by atoms with Crippen molar-refractivity contribution in [3.05, 3.63) is 23.3 Å². The third-order valence-corrected chi connectivity index (χ3v) is 4.47. The third-order valence-electron chi connectivity index (χ3n) is 4.47. The van der Waals surface area contributed by atoms with Crippen molar-refractivity contribution in [3.8, 4) is 11.5 Å². The molecule has 3 rings (SSSR count). The van der Waals surface area contributed by atoms with Crippen LogP contribution in [0.1, 0.15) is 50.2 Å². The number of carbonyl (C=O) groups is 1. The molecule has 2 aliphatic rings. The first-order chi connectivity index (χ1) is 9.54. The number of hydrogen-bond donors (Lipinski definition) is 1. The second kappa shape index (κ2) is 4.69. The zero-order valence-corrected chi connectivity index (χ0v) is 11.9. The van der Waals surface area contributed by atoms with Gasteiger partial charge in [-0.25, -0.2) is 0 Å². The van der Waals surface area contributed by atoms with Gasteiger partial charge in [0.1, 0.15) is 13.2 Å². The fourth-order valence-corrected chi connectivity index (χ4v) is 3.13. The molecule has 0 radical (unpaired) electrons. The normalized spacial score (nSPS) is 19.6. The second-order valence-electron chi connectivity index (χ2n) is 5.98. The standard InChI is InChI=1S/C16H20O4/c1-10(2)11-8-13-14(20-7-6-19-13)9-12(11)16(15(17)18)4-3-5-16/h8-10H,3-7H2,1-2H3,(H,17,18). The van der Waals surface area contributed by atoms with Crippen LogP contribution in [0, 0.1) is 0 Å². The van der Waals surface area contributed by atoms with Crippen LogP contribution < -0.4 is 9.47 Å². The van der Waals surface area contributed by atoms with E-state index in [1.807, 2.05) is 12.1 Å². The molecule has 1 N–H and O–H groups in total. The summed E-state index contributed by atoms with van der Waals surface area (Å²) in [5.41, 5.74) is 1.25. The molecule has 108 valence electrons. The molecule has 0 amide bonds. The number of carboxylic acid groups (broad SMARTS) is 1. The molecule has 0 saturated heterocycles. The first kappa shape index (κ1) is 13.3. The molecule has 0 aromatic heterocycles. The Morgan fingerprint density at radius 2 is 1.80 bits per heavy atom. The first-order valence-corrected chi connectivity index (χ1v) is 7.22. The van der Waals surface area contributed by atoms with Crippen LogP contribution in [-0.2, 0) is 10.2 Å². The van der Waals surface area contributed by atoms with Crippen molar-refractivity contribution in [3.63, 3.8) is 0 Å². The molecule has 0 spiro atoms. The predicted molar refractivity (Wildman–Crippen MR) is 74.7 cm³/mol. The van der Waals surface area contributed by atoms with E-state index >= 15 is 0 Å². The molecule has 0 bridgehead atoms. The molecule has 0 unspecified atom stereocenters. The van der Waals surface area contributed by atoms with E-state index in [1.54, 1.807) is 0 Å². The van der Waals surface area contributed by atoms with E-state index in [1.165, 1.54) is 0 Å². The monoisotopic (exact) mass is 276 g/mol. The maximum absolute atomic E-state index is 11.8. The molecule has 1 aliphatic carbocycles. The van der Waals surface area contributed by atoms with E-state index in [0.717, 1.165) is 23.3 Å². The summed E-state index contributed by atoms with van der Waals surface area (Å²) in [6, 6.07) is 3.87. The fourth-order valence-electron chi connectivity index (χ4n) is 3.13. The minimum atomic E-state index is -0.727. The van der Waals surface area contributed by atoms with Gasteiger partial charge in [-0.3, -0.25) is 4.79 Å². The molecule has 1 aromatic carbocycles. The van der Waals surface area contributed by atoms with Crippen molar-refractivity contribution in [2.45, 2.75) is 44.4 Å². The van der Waals surface area contributed by atoms with Crippen molar-refractivity contribution in [1.29, 1.82) is 0 Å². The van der Waals surface area contributed by atoms with Crippen LogP contribution >= 0.6 is 0 Å². The summed E-state index contributed by atoms with van der Waals surface area (Å²) in [7, 11) is 0. The average Bonchev–Trinajstić information content (AvgIpc) is 2.36. The molecular weight excluding hydrogens is 256 g/mol. The van der Waals surface area contributed by atoms with Crippen LogP contribution in [0.5, 0.6) is 11.5 Å². The highest BCUT2D eigenvalue weighted by atomic mass is 16.6. The van der Waals surface area contributed by atoms with Gasteiger partial charge in [0.15, 0.2) is 11.5 Å². The number of ether oxygens (including phenoxy) is 2. The molecule has 1 aromatic rings. The summed E-state index contributed by atoms with van der Waals surface area (Å²) in [5.74, 6) is 0.965. The average molecular weight is 276 g/mol. The van der Waals surface area contributed by atoms with Crippen LogP contribution in [-0.4, -0.2) is 24.3 Å². The summed E-state index contributed by atoms with van der Waals surface area (Å²) < 4.78 is 11.2. The smallest absolute Gasteiger partial charge is 0.314 e. The molecule has 1 saturated carbocycles. The van der Waals surface area contributed by atoms with Gasteiger partial charge in [0.25, 0.3) is 0 Å². The Morgan fingerprint density at radius 3 is 2.25 bits per heavy atom. The van der Waals surface area contributed by atoms with Crippen molar-refractivity contribution in [2.24, 2.45) is 0 Å². The van der Waals surface area contributed by atoms with Gasteiger partial charge in [-0.15, -0.1) is 0 Å². The van der Waals surface area contributed by atoms with E-state index in [9.17, 15) is 9.90 Å². The van der Waals surface area contributed by atoms with Gasteiger partial charge in [-0.1, -0.05) is 20.3 Å². The van der Waals surface area contributed by atoms with E-state index in [-0.39, 0.29) is 5.92 Å². The summed E-state index contributed by atoms with van der Waals surface area (Å²) in [5, 5.41) is 9.68. The highest BCUT2D eigenvalue weighted by molar-refractivity contribution is 5.83. The van der Waals surface area contributed by atoms with Gasteiger partial charge >= 0.3 is 5.97 Å². The summed E-state index contributed by atoms with van der Waals surface area (Å²) in [4.78, 5) is 11.8. The zero-order valence-electron chi connectivity index (χ0n) is 11.9. The first-order valence-electron chi connectivity index (χ1n) is 7.22. The predicted octanol–water partition coefficient (Wildman–Crippen LogP) is 3.09. The van der Waals surface area contributed by atoms with Gasteiger partial charge in [0.05, 0.1) is 5.41 Å². The molecule has 1 fully saturated rings. The lowest BCUT2D eigenvalue weighted by Gasteiger charge is -2.40. The Labute approximate surface area is 118 Å². The van der Waals surface area contributed by atoms with Crippen LogP contribution in [0.25, 0.3) is 0 Å². The van der Waals surface area contributed by atoms with Gasteiger partial charge in [-0.05, 0) is 42.0 Å². The SMILES string of the molecule is CC(C)c1cc2c(cc1C1(C(=O)O)CCC1)OCCO2. The zero-order chi connectivity index (χ0) is 14.3. The van der Waals surface area contributed by atoms with Crippen LogP contribution in [0.4, 0.5) is 0 Å². The largest absolute Gasteiger partial charge is 0.486 e. The van der Waals surface area contributed by atoms with E-state index in [0.29, 0.717) is 31.8 Å². The maximum Gasteiger partial charge on any atom is 0.314 e. The number of benzene rings is 1. The molecule has 1 aliphatic heterocycles. The number of rotatable bonds is 3. The van der Waals surface area contributed by atoms with E-state index < -0.39 is 11.4 Å². The van der Waals surface area contributed by atoms with Gasteiger partial charge in [-0.2, -0.15) is 0 Å². The summed E-state index contributed by atoms with van der Waals surface area (Å²) >= 11 is 0. The second-order valence-corrected chi connectivity index (χ2v) is 5.98. The Bertz CT molecular complexity index is 544. The lowest BCUT2D eigenvalue weighted by atomic mass is 9.62. The minimum Gasteiger partial charge on any atom is -0.486 e. The Kier molecular flexibility index (Phi) is 3.11. The summed E-state index contributed by atoms with van der Waals surface area (Å²) in [6.45, 7) is 5.24. The molecule has 1 heterocycles. The lowest BCUT2D eigenvalue weighted by Crippen LogP contribution is -2.43. The van der Waals surface area contributed by atoms with Crippen LogP contribution in [0.2, 0.25) is 0 Å². The van der Waals surface area contributed by atoms with Gasteiger partial charge in [0.2, 0.25) is 0 Å². The number of aliphatic carboxylic acids is 1. The van der Waals surface area contributed by atoms with Crippen molar-refractivity contribution in [1.82, 2.24) is 0 Å². The fraction of sp³-hybridized carbons (Fsp3) is 0.562. The summed E-state index contributed by atoms with van der Waals surface area (Å²) in [6.07, 6.45) is 2.39. The van der Waals surface area contributed by atoms with Crippen molar-refractivity contribution >= 4 is 5.97 Å². The minimum absolute atomic E-state index is 0.262. The maximum atomic E-state index is 11.8. The Balaban J connectivity index is 2.15. The Morgan fingerprint density at radius 1 is 1.20 bits per heavy atom. The van der Waals surface area contributed by atoms with Gasteiger partial charge in [0, 0.05) is 0 Å². The number of carboxylic acids is 1. The third kappa shape index (κ3) is 1.86. The topological polar surface area (TPSA) is 55.8 Å².